The summed E-state index contributed by atoms with van der Waals surface area (Å²) in [6, 6.07) is -0.650. The largest absolute Gasteiger partial charge is 0.394 e. The number of unbranched alkanes of at least 4 members (excludes halogenated alkanes) is 31. The number of hydrogen-bond donors (Lipinski definition) is 3. The van der Waals surface area contributed by atoms with Gasteiger partial charge in [0.05, 0.1) is 18.8 Å². The molecule has 0 aliphatic carbocycles. The summed E-state index contributed by atoms with van der Waals surface area (Å²) in [5.74, 6) is -0.0866. The van der Waals surface area contributed by atoms with Gasteiger partial charge in [-0.2, -0.15) is 0 Å². The van der Waals surface area contributed by atoms with Gasteiger partial charge in [0.2, 0.25) is 5.91 Å². The molecule has 4 nitrogen and oxygen atoms in total. The summed E-state index contributed by atoms with van der Waals surface area (Å²) in [5, 5.41) is 23.0. The van der Waals surface area contributed by atoms with Gasteiger partial charge in [-0.15, -0.1) is 0 Å². The third kappa shape index (κ3) is 43.3. The minimum absolute atomic E-state index is 0.0866. The van der Waals surface area contributed by atoms with Crippen molar-refractivity contribution in [2.24, 2.45) is 0 Å². The van der Waals surface area contributed by atoms with E-state index in [0.29, 0.717) is 6.42 Å². The van der Waals surface area contributed by atoms with Crippen molar-refractivity contribution >= 4 is 5.91 Å². The van der Waals surface area contributed by atoms with Gasteiger partial charge >= 0.3 is 0 Å². The van der Waals surface area contributed by atoms with Gasteiger partial charge in [0.1, 0.15) is 0 Å². The molecule has 0 aromatic rings. The van der Waals surface area contributed by atoms with Crippen LogP contribution in [0.25, 0.3) is 0 Å². The molecule has 0 radical (unpaired) electrons. The average Bonchev–Trinajstić information content (AvgIpc) is 3.19. The van der Waals surface area contributed by atoms with Gasteiger partial charge in [0, 0.05) is 6.42 Å². The van der Waals surface area contributed by atoms with Crippen LogP contribution in [-0.2, 0) is 4.79 Å². The van der Waals surface area contributed by atoms with E-state index >= 15 is 0 Å². The SMILES string of the molecule is CCCCCCCC/C=C\CCCCCCCC(=O)NC(CO)C(O)/C=C/CC/C=C/CC/C=C/CCCCCCCCCCCCCCCCCCCC. The minimum Gasteiger partial charge on any atom is -0.394 e. The first-order valence-corrected chi connectivity index (χ1v) is 24.4. The lowest BCUT2D eigenvalue weighted by molar-refractivity contribution is -0.123. The molecule has 0 heterocycles. The Morgan fingerprint density at radius 3 is 1.05 bits per heavy atom. The topological polar surface area (TPSA) is 69.6 Å². The maximum atomic E-state index is 12.4. The Hall–Kier alpha value is -1.65. The van der Waals surface area contributed by atoms with Crippen molar-refractivity contribution in [3.8, 4) is 0 Å². The Bertz CT molecular complexity index is 877. The third-order valence-corrected chi connectivity index (χ3v) is 11.0. The Morgan fingerprint density at radius 1 is 0.418 bits per heavy atom. The van der Waals surface area contributed by atoms with Gasteiger partial charge in [-0.25, -0.2) is 0 Å². The Balaban J connectivity index is 3.59. The monoisotopic (exact) mass is 770 g/mol. The first-order chi connectivity index (χ1) is 27.2. The highest BCUT2D eigenvalue weighted by Crippen LogP contribution is 2.15. The minimum atomic E-state index is -0.874. The van der Waals surface area contributed by atoms with E-state index in [1.807, 2.05) is 6.08 Å². The molecule has 0 spiro atoms. The molecular formula is C51H95NO3. The van der Waals surface area contributed by atoms with E-state index < -0.39 is 12.1 Å². The fraction of sp³-hybridized carbons (Fsp3) is 0.824. The molecule has 3 N–H and O–H groups in total. The van der Waals surface area contributed by atoms with Crippen molar-refractivity contribution in [3.05, 3.63) is 48.6 Å². The number of carbonyl (C=O) groups excluding carboxylic acids is 1. The zero-order valence-electron chi connectivity index (χ0n) is 36.9. The zero-order chi connectivity index (χ0) is 40.0. The summed E-state index contributed by atoms with van der Waals surface area (Å²) in [5.41, 5.74) is 0. The molecule has 2 atom stereocenters. The van der Waals surface area contributed by atoms with E-state index in [1.165, 1.54) is 180 Å². The van der Waals surface area contributed by atoms with Crippen LogP contribution in [0.2, 0.25) is 0 Å². The second-order valence-electron chi connectivity index (χ2n) is 16.5. The normalized spacial score (nSPS) is 13.3. The van der Waals surface area contributed by atoms with Gasteiger partial charge < -0.3 is 15.5 Å². The van der Waals surface area contributed by atoms with E-state index in [4.69, 9.17) is 0 Å². The van der Waals surface area contributed by atoms with E-state index in [9.17, 15) is 15.0 Å². The van der Waals surface area contributed by atoms with Crippen molar-refractivity contribution in [1.29, 1.82) is 0 Å². The molecule has 2 unspecified atom stereocenters. The van der Waals surface area contributed by atoms with Crippen molar-refractivity contribution < 1.29 is 15.0 Å². The van der Waals surface area contributed by atoms with Gasteiger partial charge in [0.15, 0.2) is 0 Å². The highest BCUT2D eigenvalue weighted by molar-refractivity contribution is 5.76. The molecule has 0 aliphatic rings. The molecular weight excluding hydrogens is 675 g/mol. The molecule has 0 aromatic heterocycles. The number of amides is 1. The van der Waals surface area contributed by atoms with Crippen LogP contribution in [-0.4, -0.2) is 34.9 Å². The first-order valence-electron chi connectivity index (χ1n) is 24.4. The van der Waals surface area contributed by atoms with Crippen LogP contribution in [0.5, 0.6) is 0 Å². The average molecular weight is 770 g/mol. The van der Waals surface area contributed by atoms with Crippen LogP contribution in [0.4, 0.5) is 0 Å². The Kier molecular flexibility index (Phi) is 45.3. The summed E-state index contributed by atoms with van der Waals surface area (Å²) in [6.07, 6.45) is 63.9. The van der Waals surface area contributed by atoms with Crippen LogP contribution in [0.3, 0.4) is 0 Å². The van der Waals surface area contributed by atoms with Crippen molar-refractivity contribution in [2.75, 3.05) is 6.61 Å². The van der Waals surface area contributed by atoms with Crippen molar-refractivity contribution in [1.82, 2.24) is 5.32 Å². The lowest BCUT2D eigenvalue weighted by Gasteiger charge is -2.19. The van der Waals surface area contributed by atoms with Crippen LogP contribution in [0.1, 0.15) is 251 Å². The van der Waals surface area contributed by atoms with Crippen molar-refractivity contribution in [2.45, 2.75) is 264 Å². The number of hydrogen-bond acceptors (Lipinski definition) is 3. The van der Waals surface area contributed by atoms with Gasteiger partial charge in [-0.3, -0.25) is 4.79 Å². The number of aliphatic hydroxyl groups excluding tert-OH is 2. The Morgan fingerprint density at radius 2 is 0.709 bits per heavy atom. The van der Waals surface area contributed by atoms with E-state index in [-0.39, 0.29) is 12.5 Å². The number of rotatable bonds is 44. The van der Waals surface area contributed by atoms with Crippen LogP contribution in [0, 0.1) is 0 Å². The van der Waals surface area contributed by atoms with E-state index in [1.54, 1.807) is 6.08 Å². The quantitative estimate of drug-likeness (QED) is 0.0427. The Labute approximate surface area is 344 Å². The first kappa shape index (κ1) is 53.4. The molecule has 322 valence electrons. The van der Waals surface area contributed by atoms with Gasteiger partial charge in [-0.1, -0.05) is 223 Å². The molecule has 0 bridgehead atoms. The number of carbonyl (C=O) groups is 1. The summed E-state index contributed by atoms with van der Waals surface area (Å²) < 4.78 is 0. The van der Waals surface area contributed by atoms with Crippen molar-refractivity contribution in [3.63, 3.8) is 0 Å². The second kappa shape index (κ2) is 46.7. The fourth-order valence-electron chi connectivity index (χ4n) is 7.26. The fourth-order valence-corrected chi connectivity index (χ4v) is 7.26. The standard InChI is InChI=1S/C51H95NO3/c1-3-5-7-9-11-13-15-17-19-20-21-22-23-24-25-26-27-28-29-30-31-33-34-36-38-40-42-44-46-50(54)49(48-53)52-51(55)47-45-43-41-39-37-35-32-18-16-14-12-10-8-6-4-2/h18,30-32,36,38,44,46,49-50,53-54H,3-17,19-29,33-35,37,39-43,45,47-48H2,1-2H3,(H,52,55)/b31-30+,32-18-,38-36+,46-44+. The lowest BCUT2D eigenvalue weighted by atomic mass is 10.0. The number of allylic oxidation sites excluding steroid dienone is 7. The lowest BCUT2D eigenvalue weighted by Crippen LogP contribution is -2.45. The van der Waals surface area contributed by atoms with E-state index in [2.05, 4.69) is 55.6 Å². The van der Waals surface area contributed by atoms with Crippen LogP contribution in [0.15, 0.2) is 48.6 Å². The molecule has 1 amide bonds. The molecule has 0 saturated heterocycles. The van der Waals surface area contributed by atoms with Gasteiger partial charge in [-0.05, 0) is 70.6 Å². The summed E-state index contributed by atoms with van der Waals surface area (Å²) in [6.45, 7) is 4.29. The zero-order valence-corrected chi connectivity index (χ0v) is 36.9. The predicted octanol–water partition coefficient (Wildman–Crippen LogP) is 15.5. The molecule has 0 rings (SSSR count). The maximum Gasteiger partial charge on any atom is 0.220 e. The van der Waals surface area contributed by atoms with Crippen LogP contribution < -0.4 is 5.32 Å². The maximum absolute atomic E-state index is 12.4. The molecule has 0 saturated carbocycles. The van der Waals surface area contributed by atoms with Gasteiger partial charge in [0.25, 0.3) is 0 Å². The predicted molar refractivity (Wildman–Crippen MR) is 244 cm³/mol. The summed E-state index contributed by atoms with van der Waals surface area (Å²) >= 11 is 0. The smallest absolute Gasteiger partial charge is 0.220 e. The second-order valence-corrected chi connectivity index (χ2v) is 16.5. The molecule has 4 heteroatoms. The number of aliphatic hydroxyl groups is 2. The summed E-state index contributed by atoms with van der Waals surface area (Å²) in [7, 11) is 0. The molecule has 0 aliphatic heterocycles. The third-order valence-electron chi connectivity index (χ3n) is 11.0. The number of nitrogens with one attached hydrogen (secondary N) is 1. The van der Waals surface area contributed by atoms with Crippen LogP contribution >= 0.6 is 0 Å². The molecule has 55 heavy (non-hydrogen) atoms. The highest BCUT2D eigenvalue weighted by atomic mass is 16.3. The summed E-state index contributed by atoms with van der Waals surface area (Å²) in [4.78, 5) is 12.4. The molecule has 0 aromatic carbocycles. The molecule has 0 fully saturated rings. The highest BCUT2D eigenvalue weighted by Gasteiger charge is 2.17. The van der Waals surface area contributed by atoms with E-state index in [0.717, 1.165) is 51.4 Å².